The number of carbonyl (C=O) groups is 1. The van der Waals surface area contributed by atoms with Crippen molar-refractivity contribution < 1.29 is 4.79 Å². The standard InChI is InChI=1S/C15H28N2OS/c1-4-13(14(16)19)15(18)17(10-9-11(2)3)12-7-5-6-8-12/h11-13H,4-10H2,1-3H3,(H2,16,19). The molecule has 0 bridgehead atoms. The molecule has 0 aromatic carbocycles. The molecule has 0 radical (unpaired) electrons. The van der Waals surface area contributed by atoms with Crippen molar-refractivity contribution in [2.75, 3.05) is 6.54 Å². The van der Waals surface area contributed by atoms with Crippen LogP contribution in [0, 0.1) is 11.8 Å². The smallest absolute Gasteiger partial charge is 0.232 e. The first kappa shape index (κ1) is 16.4. The van der Waals surface area contributed by atoms with Crippen LogP contribution in [0.15, 0.2) is 0 Å². The third-order valence-corrected chi connectivity index (χ3v) is 4.33. The highest BCUT2D eigenvalue weighted by molar-refractivity contribution is 7.80. The van der Waals surface area contributed by atoms with E-state index in [1.54, 1.807) is 0 Å². The lowest BCUT2D eigenvalue weighted by Gasteiger charge is -2.32. The van der Waals surface area contributed by atoms with Crippen molar-refractivity contribution in [3.8, 4) is 0 Å². The molecular weight excluding hydrogens is 256 g/mol. The van der Waals surface area contributed by atoms with Gasteiger partial charge in [0.25, 0.3) is 0 Å². The molecule has 1 unspecified atom stereocenters. The van der Waals surface area contributed by atoms with Crippen LogP contribution in [0.4, 0.5) is 0 Å². The van der Waals surface area contributed by atoms with Gasteiger partial charge in [0, 0.05) is 12.6 Å². The first-order valence-corrected chi connectivity index (χ1v) is 7.98. The Morgan fingerprint density at radius 3 is 2.37 bits per heavy atom. The maximum Gasteiger partial charge on any atom is 0.232 e. The van der Waals surface area contributed by atoms with Crippen LogP contribution in [-0.2, 0) is 4.79 Å². The van der Waals surface area contributed by atoms with Crippen molar-refractivity contribution in [2.45, 2.75) is 65.3 Å². The van der Waals surface area contributed by atoms with Crippen molar-refractivity contribution >= 4 is 23.1 Å². The largest absolute Gasteiger partial charge is 0.393 e. The summed E-state index contributed by atoms with van der Waals surface area (Å²) in [7, 11) is 0. The highest BCUT2D eigenvalue weighted by Gasteiger charge is 2.31. The zero-order valence-electron chi connectivity index (χ0n) is 12.5. The summed E-state index contributed by atoms with van der Waals surface area (Å²) in [6.07, 6.45) is 6.50. The molecule has 0 saturated heterocycles. The van der Waals surface area contributed by atoms with E-state index in [-0.39, 0.29) is 11.8 Å². The van der Waals surface area contributed by atoms with Crippen molar-refractivity contribution in [1.29, 1.82) is 0 Å². The fourth-order valence-electron chi connectivity index (χ4n) is 2.78. The van der Waals surface area contributed by atoms with Crippen LogP contribution in [0.3, 0.4) is 0 Å². The molecular formula is C15H28N2OS. The predicted molar refractivity (Wildman–Crippen MR) is 84.0 cm³/mol. The highest BCUT2D eigenvalue weighted by atomic mass is 32.1. The molecule has 1 rings (SSSR count). The number of nitrogens with zero attached hydrogens (tertiary/aromatic N) is 1. The molecule has 1 aliphatic rings. The quantitative estimate of drug-likeness (QED) is 0.731. The van der Waals surface area contributed by atoms with Crippen molar-refractivity contribution in [1.82, 2.24) is 4.90 Å². The van der Waals surface area contributed by atoms with Gasteiger partial charge < -0.3 is 10.6 Å². The number of hydrogen-bond acceptors (Lipinski definition) is 2. The molecule has 0 spiro atoms. The lowest BCUT2D eigenvalue weighted by molar-refractivity contribution is -0.135. The number of rotatable bonds is 7. The molecule has 1 saturated carbocycles. The molecule has 0 heterocycles. The molecule has 0 aromatic rings. The monoisotopic (exact) mass is 284 g/mol. The average Bonchev–Trinajstić information content (AvgIpc) is 2.83. The van der Waals surface area contributed by atoms with Gasteiger partial charge in [0.05, 0.1) is 10.9 Å². The molecule has 1 aliphatic carbocycles. The normalized spacial score (nSPS) is 17.7. The van der Waals surface area contributed by atoms with Gasteiger partial charge in [-0.3, -0.25) is 4.79 Å². The van der Waals surface area contributed by atoms with E-state index in [0.717, 1.165) is 25.8 Å². The number of hydrogen-bond donors (Lipinski definition) is 1. The zero-order valence-corrected chi connectivity index (χ0v) is 13.3. The molecule has 110 valence electrons. The van der Waals surface area contributed by atoms with Crippen LogP contribution in [-0.4, -0.2) is 28.4 Å². The second kappa shape index (κ2) is 7.83. The van der Waals surface area contributed by atoms with E-state index >= 15 is 0 Å². The summed E-state index contributed by atoms with van der Waals surface area (Å²) in [5, 5.41) is 0. The van der Waals surface area contributed by atoms with Gasteiger partial charge in [0.1, 0.15) is 0 Å². The Labute approximate surface area is 122 Å². The van der Waals surface area contributed by atoms with Gasteiger partial charge in [-0.2, -0.15) is 0 Å². The SMILES string of the molecule is CCC(C(=O)N(CCC(C)C)C1CCCC1)C(N)=S. The molecule has 19 heavy (non-hydrogen) atoms. The first-order valence-electron chi connectivity index (χ1n) is 7.57. The Morgan fingerprint density at radius 1 is 1.37 bits per heavy atom. The van der Waals surface area contributed by atoms with Gasteiger partial charge in [0.15, 0.2) is 0 Å². The fourth-order valence-corrected chi connectivity index (χ4v) is 3.05. The highest BCUT2D eigenvalue weighted by Crippen LogP contribution is 2.26. The van der Waals surface area contributed by atoms with Crippen LogP contribution in [0.2, 0.25) is 0 Å². The van der Waals surface area contributed by atoms with Crippen LogP contribution in [0.5, 0.6) is 0 Å². The molecule has 1 fully saturated rings. The summed E-state index contributed by atoms with van der Waals surface area (Å²) in [5.41, 5.74) is 5.72. The Kier molecular flexibility index (Phi) is 6.76. The Bertz CT molecular complexity index is 311. The molecule has 2 N–H and O–H groups in total. The minimum Gasteiger partial charge on any atom is -0.393 e. The van der Waals surface area contributed by atoms with E-state index in [4.69, 9.17) is 18.0 Å². The zero-order chi connectivity index (χ0) is 14.4. The van der Waals surface area contributed by atoms with Gasteiger partial charge in [-0.15, -0.1) is 0 Å². The van der Waals surface area contributed by atoms with Crippen LogP contribution in [0.25, 0.3) is 0 Å². The van der Waals surface area contributed by atoms with Crippen LogP contribution < -0.4 is 5.73 Å². The van der Waals surface area contributed by atoms with Gasteiger partial charge >= 0.3 is 0 Å². The summed E-state index contributed by atoms with van der Waals surface area (Å²) in [6, 6.07) is 0.412. The second-order valence-corrected chi connectivity index (χ2v) is 6.49. The summed E-state index contributed by atoms with van der Waals surface area (Å²) in [5.74, 6) is 0.493. The molecule has 0 aromatic heterocycles. The minimum atomic E-state index is -0.275. The van der Waals surface area contributed by atoms with Crippen LogP contribution >= 0.6 is 12.2 Å². The van der Waals surface area contributed by atoms with E-state index in [1.165, 1.54) is 12.8 Å². The average molecular weight is 284 g/mol. The van der Waals surface area contributed by atoms with Gasteiger partial charge in [0.2, 0.25) is 5.91 Å². The van der Waals surface area contributed by atoms with Gasteiger partial charge in [-0.1, -0.05) is 45.8 Å². The summed E-state index contributed by atoms with van der Waals surface area (Å²) < 4.78 is 0. The van der Waals surface area contributed by atoms with Gasteiger partial charge in [-0.25, -0.2) is 0 Å². The molecule has 1 amide bonds. The Balaban J connectivity index is 2.75. The lowest BCUT2D eigenvalue weighted by atomic mass is 10.0. The third kappa shape index (κ3) is 4.75. The van der Waals surface area contributed by atoms with Crippen molar-refractivity contribution in [3.63, 3.8) is 0 Å². The topological polar surface area (TPSA) is 46.3 Å². The minimum absolute atomic E-state index is 0.155. The predicted octanol–water partition coefficient (Wildman–Crippen LogP) is 3.12. The maximum atomic E-state index is 12.7. The maximum absolute atomic E-state index is 12.7. The number of nitrogens with two attached hydrogens (primary N) is 1. The molecule has 4 heteroatoms. The van der Waals surface area contributed by atoms with Crippen molar-refractivity contribution in [3.05, 3.63) is 0 Å². The second-order valence-electron chi connectivity index (χ2n) is 6.02. The molecule has 0 aliphatic heterocycles. The number of carbonyl (C=O) groups excluding carboxylic acids is 1. The first-order chi connectivity index (χ1) is 8.97. The van der Waals surface area contributed by atoms with Crippen LogP contribution in [0.1, 0.15) is 59.3 Å². The van der Waals surface area contributed by atoms with Gasteiger partial charge in [-0.05, 0) is 31.6 Å². The summed E-state index contributed by atoms with van der Waals surface area (Å²) in [6.45, 7) is 7.22. The van der Waals surface area contributed by atoms with E-state index in [0.29, 0.717) is 23.4 Å². The van der Waals surface area contributed by atoms with E-state index < -0.39 is 0 Å². The third-order valence-electron chi connectivity index (χ3n) is 4.05. The number of thiocarbonyl (C=S) groups is 1. The van der Waals surface area contributed by atoms with Crippen molar-refractivity contribution in [2.24, 2.45) is 17.6 Å². The number of amides is 1. The lowest BCUT2D eigenvalue weighted by Crippen LogP contribution is -2.46. The van der Waals surface area contributed by atoms with E-state index in [9.17, 15) is 4.79 Å². The molecule has 3 nitrogen and oxygen atoms in total. The fraction of sp³-hybridized carbons (Fsp3) is 0.867. The summed E-state index contributed by atoms with van der Waals surface area (Å²) >= 11 is 5.05. The Hall–Kier alpha value is -0.640. The van der Waals surface area contributed by atoms with E-state index in [1.807, 2.05) is 6.92 Å². The summed E-state index contributed by atoms with van der Waals surface area (Å²) in [4.78, 5) is 15.1. The van der Waals surface area contributed by atoms with E-state index in [2.05, 4.69) is 18.7 Å². The Morgan fingerprint density at radius 2 is 1.95 bits per heavy atom. The molecule has 1 atom stereocenters.